The SMILES string of the molecule is N/C=C\C(C(=O)O)=C(N)N. The van der Waals surface area contributed by atoms with E-state index < -0.39 is 5.97 Å². The Morgan fingerprint density at radius 1 is 1.40 bits per heavy atom. The zero-order chi connectivity index (χ0) is 8.15. The fourth-order valence-electron chi connectivity index (χ4n) is 0.387. The number of carboxylic acid groups (broad SMARTS) is 1. The molecule has 5 nitrogen and oxygen atoms in total. The van der Waals surface area contributed by atoms with Gasteiger partial charge in [0.15, 0.2) is 0 Å². The summed E-state index contributed by atoms with van der Waals surface area (Å²) in [6, 6.07) is 0. The Morgan fingerprint density at radius 3 is 2.00 bits per heavy atom. The minimum Gasteiger partial charge on any atom is -0.478 e. The number of hydrogen-bond donors (Lipinski definition) is 4. The number of hydrogen-bond acceptors (Lipinski definition) is 4. The first-order valence-electron chi connectivity index (χ1n) is 2.46. The van der Waals surface area contributed by atoms with Crippen molar-refractivity contribution < 1.29 is 9.90 Å². The average molecular weight is 143 g/mol. The summed E-state index contributed by atoms with van der Waals surface area (Å²) >= 11 is 0. The second kappa shape index (κ2) is 3.39. The fraction of sp³-hybridized carbons (Fsp3) is 0. The number of carboxylic acids is 1. The summed E-state index contributed by atoms with van der Waals surface area (Å²) in [6.07, 6.45) is 2.18. The molecule has 0 aliphatic carbocycles. The molecule has 0 unspecified atom stereocenters. The van der Waals surface area contributed by atoms with Crippen LogP contribution in [0.5, 0.6) is 0 Å². The van der Waals surface area contributed by atoms with Crippen molar-refractivity contribution >= 4 is 5.97 Å². The zero-order valence-electron chi connectivity index (χ0n) is 5.24. The molecule has 0 aliphatic heterocycles. The zero-order valence-corrected chi connectivity index (χ0v) is 5.24. The van der Waals surface area contributed by atoms with Crippen molar-refractivity contribution in [1.82, 2.24) is 0 Å². The Bertz CT molecular complexity index is 191. The molecule has 0 heterocycles. The molecule has 0 fully saturated rings. The topological polar surface area (TPSA) is 115 Å². The Hall–Kier alpha value is -1.65. The number of nitrogens with two attached hydrogens (primary N) is 3. The molecule has 0 saturated carbocycles. The lowest BCUT2D eigenvalue weighted by Crippen LogP contribution is -2.16. The van der Waals surface area contributed by atoms with Crippen LogP contribution in [0.3, 0.4) is 0 Å². The van der Waals surface area contributed by atoms with E-state index in [9.17, 15) is 4.79 Å². The molecule has 0 aromatic heterocycles. The largest absolute Gasteiger partial charge is 0.478 e. The molecule has 5 heteroatoms. The molecule has 0 spiro atoms. The van der Waals surface area contributed by atoms with Gasteiger partial charge in [-0.3, -0.25) is 0 Å². The first-order chi connectivity index (χ1) is 4.59. The molecule has 0 aromatic carbocycles. The van der Waals surface area contributed by atoms with Gasteiger partial charge in [-0.25, -0.2) is 4.79 Å². The molecule has 0 radical (unpaired) electrons. The molecule has 0 aliphatic rings. The summed E-state index contributed by atoms with van der Waals surface area (Å²) in [5.41, 5.74) is 14.7. The Morgan fingerprint density at radius 2 is 1.90 bits per heavy atom. The van der Waals surface area contributed by atoms with Crippen molar-refractivity contribution in [3.63, 3.8) is 0 Å². The first kappa shape index (κ1) is 8.35. The van der Waals surface area contributed by atoms with E-state index >= 15 is 0 Å². The van der Waals surface area contributed by atoms with Crippen molar-refractivity contribution in [2.75, 3.05) is 0 Å². The van der Waals surface area contributed by atoms with E-state index in [0.29, 0.717) is 0 Å². The van der Waals surface area contributed by atoms with Gasteiger partial charge in [-0.1, -0.05) is 0 Å². The van der Waals surface area contributed by atoms with Gasteiger partial charge in [0.1, 0.15) is 11.4 Å². The predicted molar refractivity (Wildman–Crippen MR) is 36.4 cm³/mol. The lowest BCUT2D eigenvalue weighted by atomic mass is 10.2. The summed E-state index contributed by atoms with van der Waals surface area (Å²) in [4.78, 5) is 10.2. The quantitative estimate of drug-likeness (QED) is 0.282. The van der Waals surface area contributed by atoms with E-state index in [1.165, 1.54) is 0 Å². The van der Waals surface area contributed by atoms with Crippen molar-refractivity contribution in [2.24, 2.45) is 17.2 Å². The van der Waals surface area contributed by atoms with E-state index in [2.05, 4.69) is 0 Å². The summed E-state index contributed by atoms with van der Waals surface area (Å²) in [5, 5.41) is 8.35. The van der Waals surface area contributed by atoms with E-state index in [1.807, 2.05) is 0 Å². The molecule has 0 bridgehead atoms. The van der Waals surface area contributed by atoms with Crippen LogP contribution in [-0.4, -0.2) is 11.1 Å². The maximum Gasteiger partial charge on any atom is 0.339 e. The van der Waals surface area contributed by atoms with Gasteiger partial charge < -0.3 is 22.3 Å². The average Bonchev–Trinajstić information content (AvgIpc) is 1.81. The van der Waals surface area contributed by atoms with Crippen LogP contribution in [0, 0.1) is 0 Å². The highest BCUT2D eigenvalue weighted by molar-refractivity contribution is 5.90. The molecular weight excluding hydrogens is 134 g/mol. The van der Waals surface area contributed by atoms with Crippen molar-refractivity contribution in [1.29, 1.82) is 0 Å². The van der Waals surface area contributed by atoms with Gasteiger partial charge in [0.05, 0.1) is 0 Å². The van der Waals surface area contributed by atoms with Crippen LogP contribution in [-0.2, 0) is 4.79 Å². The number of aliphatic carboxylic acids is 1. The summed E-state index contributed by atoms with van der Waals surface area (Å²) in [7, 11) is 0. The third-order valence-electron chi connectivity index (χ3n) is 0.804. The van der Waals surface area contributed by atoms with Crippen LogP contribution < -0.4 is 17.2 Å². The van der Waals surface area contributed by atoms with Gasteiger partial charge in [-0.2, -0.15) is 0 Å². The minimum atomic E-state index is -1.19. The molecule has 0 rings (SSSR count). The molecule has 0 amide bonds. The van der Waals surface area contributed by atoms with Crippen LogP contribution in [0.15, 0.2) is 23.7 Å². The van der Waals surface area contributed by atoms with Gasteiger partial charge in [-0.05, 0) is 12.3 Å². The molecule has 56 valence electrons. The van der Waals surface area contributed by atoms with Gasteiger partial charge in [0.25, 0.3) is 0 Å². The lowest BCUT2D eigenvalue weighted by Gasteiger charge is -1.95. The van der Waals surface area contributed by atoms with Crippen molar-refractivity contribution in [2.45, 2.75) is 0 Å². The van der Waals surface area contributed by atoms with Crippen LogP contribution in [0.2, 0.25) is 0 Å². The van der Waals surface area contributed by atoms with Crippen LogP contribution >= 0.6 is 0 Å². The smallest absolute Gasteiger partial charge is 0.339 e. The normalized spacial score (nSPS) is 9.60. The molecule has 10 heavy (non-hydrogen) atoms. The van der Waals surface area contributed by atoms with Crippen LogP contribution in [0.1, 0.15) is 0 Å². The minimum absolute atomic E-state index is 0.192. The summed E-state index contributed by atoms with van der Waals surface area (Å²) in [5.74, 6) is -1.45. The molecule has 0 aromatic rings. The van der Waals surface area contributed by atoms with E-state index in [4.69, 9.17) is 22.3 Å². The van der Waals surface area contributed by atoms with Gasteiger partial charge in [0.2, 0.25) is 0 Å². The van der Waals surface area contributed by atoms with Gasteiger partial charge >= 0.3 is 5.97 Å². The summed E-state index contributed by atoms with van der Waals surface area (Å²) < 4.78 is 0. The lowest BCUT2D eigenvalue weighted by molar-refractivity contribution is -0.132. The fourth-order valence-corrected chi connectivity index (χ4v) is 0.387. The Balaban J connectivity index is 4.61. The van der Waals surface area contributed by atoms with Crippen LogP contribution in [0.4, 0.5) is 0 Å². The Labute approximate surface area is 57.8 Å². The highest BCUT2D eigenvalue weighted by Crippen LogP contribution is 1.95. The molecular formula is C5H9N3O2. The molecule has 0 atom stereocenters. The van der Waals surface area contributed by atoms with Crippen molar-refractivity contribution in [3.05, 3.63) is 23.7 Å². The number of carbonyl (C=O) groups is 1. The van der Waals surface area contributed by atoms with Crippen molar-refractivity contribution in [3.8, 4) is 0 Å². The highest BCUT2D eigenvalue weighted by atomic mass is 16.4. The third kappa shape index (κ3) is 2.08. The van der Waals surface area contributed by atoms with E-state index in [1.54, 1.807) is 0 Å². The summed E-state index contributed by atoms with van der Waals surface area (Å²) in [6.45, 7) is 0. The molecule has 0 saturated heterocycles. The maximum atomic E-state index is 10.2. The second-order valence-corrected chi connectivity index (χ2v) is 1.53. The first-order valence-corrected chi connectivity index (χ1v) is 2.46. The highest BCUT2D eigenvalue weighted by Gasteiger charge is 2.04. The third-order valence-corrected chi connectivity index (χ3v) is 0.804. The Kier molecular flexibility index (Phi) is 2.83. The predicted octanol–water partition coefficient (Wildman–Crippen LogP) is -1.33. The van der Waals surface area contributed by atoms with E-state index in [-0.39, 0.29) is 11.4 Å². The standard InChI is InChI=1S/C5H9N3O2/c6-2-1-3(4(7)8)5(9)10/h1-2H,6-8H2,(H,9,10)/b2-1-. The monoisotopic (exact) mass is 143 g/mol. The number of rotatable bonds is 2. The van der Waals surface area contributed by atoms with Gasteiger partial charge in [-0.15, -0.1) is 0 Å². The molecule has 7 N–H and O–H groups in total. The van der Waals surface area contributed by atoms with Crippen LogP contribution in [0.25, 0.3) is 0 Å². The van der Waals surface area contributed by atoms with E-state index in [0.717, 1.165) is 12.3 Å². The van der Waals surface area contributed by atoms with Gasteiger partial charge in [0, 0.05) is 0 Å². The second-order valence-electron chi connectivity index (χ2n) is 1.53. The maximum absolute atomic E-state index is 10.2.